The molecule has 2 aromatic carbocycles. The molecular formula is C24H15FN6. The van der Waals surface area contributed by atoms with E-state index in [-0.39, 0.29) is 5.82 Å². The summed E-state index contributed by atoms with van der Waals surface area (Å²) in [6.07, 6.45) is 4.94. The number of aromatic nitrogens is 6. The van der Waals surface area contributed by atoms with E-state index in [9.17, 15) is 4.39 Å². The van der Waals surface area contributed by atoms with Crippen LogP contribution in [0.4, 0.5) is 4.39 Å². The Hall–Kier alpha value is -4.39. The van der Waals surface area contributed by atoms with Crippen LogP contribution in [0.5, 0.6) is 0 Å². The summed E-state index contributed by atoms with van der Waals surface area (Å²) in [4.78, 5) is 16.3. The molecule has 4 heterocycles. The normalized spacial score (nSPS) is 11.4. The van der Waals surface area contributed by atoms with Crippen molar-refractivity contribution in [1.82, 2.24) is 30.1 Å². The fourth-order valence-electron chi connectivity index (χ4n) is 3.88. The van der Waals surface area contributed by atoms with Crippen molar-refractivity contribution < 1.29 is 4.39 Å². The third kappa shape index (κ3) is 2.86. The first-order chi connectivity index (χ1) is 15.3. The molecule has 0 bridgehead atoms. The van der Waals surface area contributed by atoms with E-state index in [0.717, 1.165) is 44.5 Å². The predicted octanol–water partition coefficient (Wildman–Crippen LogP) is 5.37. The number of fused-ring (bicyclic) bond motifs is 2. The van der Waals surface area contributed by atoms with E-state index in [1.807, 2.05) is 42.5 Å². The summed E-state index contributed by atoms with van der Waals surface area (Å²) in [6, 6.07) is 18.4. The summed E-state index contributed by atoms with van der Waals surface area (Å²) in [5.74, 6) is -0.251. The second-order valence-corrected chi connectivity index (χ2v) is 7.22. The summed E-state index contributed by atoms with van der Waals surface area (Å²) in [5.41, 5.74) is 6.95. The number of benzene rings is 2. The molecule has 31 heavy (non-hydrogen) atoms. The van der Waals surface area contributed by atoms with Gasteiger partial charge < -0.3 is 4.98 Å². The Morgan fingerprint density at radius 1 is 0.806 bits per heavy atom. The van der Waals surface area contributed by atoms with Crippen LogP contribution in [0.25, 0.3) is 55.7 Å². The third-order valence-electron chi connectivity index (χ3n) is 5.35. The fraction of sp³-hybridized carbons (Fsp3) is 0. The molecule has 0 aliphatic carbocycles. The van der Waals surface area contributed by atoms with Crippen LogP contribution in [0.1, 0.15) is 0 Å². The van der Waals surface area contributed by atoms with Gasteiger partial charge in [-0.15, -0.1) is 0 Å². The van der Waals surface area contributed by atoms with Gasteiger partial charge in [0.15, 0.2) is 0 Å². The minimum atomic E-state index is -0.251. The second kappa shape index (κ2) is 6.84. The number of halogens is 1. The summed E-state index contributed by atoms with van der Waals surface area (Å²) >= 11 is 0. The molecule has 2 N–H and O–H groups in total. The van der Waals surface area contributed by atoms with Crippen LogP contribution in [0.15, 0.2) is 79.4 Å². The van der Waals surface area contributed by atoms with E-state index in [1.54, 1.807) is 24.5 Å². The van der Waals surface area contributed by atoms with Crippen LogP contribution < -0.4 is 0 Å². The molecule has 0 fully saturated rings. The highest BCUT2D eigenvalue weighted by atomic mass is 19.1. The van der Waals surface area contributed by atoms with Gasteiger partial charge in [0.2, 0.25) is 0 Å². The van der Waals surface area contributed by atoms with Crippen LogP contribution in [0.2, 0.25) is 0 Å². The zero-order valence-electron chi connectivity index (χ0n) is 16.2. The Bertz CT molecular complexity index is 1550. The monoisotopic (exact) mass is 406 g/mol. The number of nitrogens with one attached hydrogen (secondary N) is 2. The number of nitrogens with zero attached hydrogens (tertiary/aromatic N) is 4. The molecule has 0 atom stereocenters. The van der Waals surface area contributed by atoms with Crippen LogP contribution in [-0.4, -0.2) is 30.1 Å². The quantitative estimate of drug-likeness (QED) is 0.414. The summed E-state index contributed by atoms with van der Waals surface area (Å²) < 4.78 is 14.4. The van der Waals surface area contributed by atoms with E-state index < -0.39 is 0 Å². The number of H-pyrrole nitrogens is 2. The molecule has 7 heteroatoms. The molecule has 148 valence electrons. The lowest BCUT2D eigenvalue weighted by Crippen LogP contribution is -1.87. The molecule has 6 aromatic rings. The molecule has 0 radical (unpaired) electrons. The molecule has 0 saturated heterocycles. The number of rotatable bonds is 3. The van der Waals surface area contributed by atoms with Gasteiger partial charge in [0.05, 0.1) is 16.9 Å². The number of pyridine rings is 1. The lowest BCUT2D eigenvalue weighted by molar-refractivity contribution is 0.631. The van der Waals surface area contributed by atoms with Gasteiger partial charge in [0.25, 0.3) is 0 Å². The second-order valence-electron chi connectivity index (χ2n) is 7.22. The Balaban J connectivity index is 1.53. The van der Waals surface area contributed by atoms with Crippen LogP contribution in [0.3, 0.4) is 0 Å². The smallest absolute Gasteiger partial charge is 0.135 e. The van der Waals surface area contributed by atoms with Crippen molar-refractivity contribution in [3.05, 3.63) is 85.2 Å². The SMILES string of the molecule is Fc1ccccc1-c1cccc2[nH]c(-c3n[nH]c4ccc(-c5cncnc5)nc34)cc12. The fourth-order valence-corrected chi connectivity index (χ4v) is 3.88. The average Bonchev–Trinajstić information content (AvgIpc) is 3.43. The van der Waals surface area contributed by atoms with Gasteiger partial charge in [-0.2, -0.15) is 5.10 Å². The van der Waals surface area contributed by atoms with E-state index in [1.165, 1.54) is 12.4 Å². The molecule has 0 aliphatic heterocycles. The van der Waals surface area contributed by atoms with E-state index in [0.29, 0.717) is 11.3 Å². The summed E-state index contributed by atoms with van der Waals surface area (Å²) in [5, 5.41) is 8.46. The average molecular weight is 406 g/mol. The highest BCUT2D eigenvalue weighted by Crippen LogP contribution is 2.34. The van der Waals surface area contributed by atoms with Gasteiger partial charge in [-0.05, 0) is 35.9 Å². The highest BCUT2D eigenvalue weighted by Gasteiger charge is 2.16. The van der Waals surface area contributed by atoms with Crippen LogP contribution in [0, 0.1) is 5.82 Å². The molecular weight excluding hydrogens is 391 g/mol. The van der Waals surface area contributed by atoms with E-state index in [4.69, 9.17) is 4.98 Å². The molecule has 6 nitrogen and oxygen atoms in total. The van der Waals surface area contributed by atoms with Crippen molar-refractivity contribution in [1.29, 1.82) is 0 Å². The molecule has 0 aliphatic rings. The first-order valence-electron chi connectivity index (χ1n) is 9.75. The van der Waals surface area contributed by atoms with Gasteiger partial charge in [-0.1, -0.05) is 30.3 Å². The Kier molecular flexibility index (Phi) is 3.86. The standard InChI is InChI=1S/C24H15FN6/c25-18-6-2-1-4-16(18)15-5-3-7-20-17(15)10-22(28-20)24-23-21(30-31-24)9-8-19(29-23)14-11-26-13-27-12-14/h1-13,28H,(H,30,31). The maximum atomic E-state index is 14.4. The van der Waals surface area contributed by atoms with Gasteiger partial charge in [-0.25, -0.2) is 19.3 Å². The van der Waals surface area contributed by atoms with Crippen LogP contribution >= 0.6 is 0 Å². The first kappa shape index (κ1) is 17.5. The Labute approximate surface area is 175 Å². The van der Waals surface area contributed by atoms with E-state index >= 15 is 0 Å². The summed E-state index contributed by atoms with van der Waals surface area (Å²) in [6.45, 7) is 0. The van der Waals surface area contributed by atoms with Crippen molar-refractivity contribution in [2.75, 3.05) is 0 Å². The Morgan fingerprint density at radius 3 is 2.52 bits per heavy atom. The van der Waals surface area contributed by atoms with Crippen molar-refractivity contribution in [3.8, 4) is 33.8 Å². The largest absolute Gasteiger partial charge is 0.353 e. The molecule has 6 rings (SSSR count). The Morgan fingerprint density at radius 2 is 1.65 bits per heavy atom. The zero-order chi connectivity index (χ0) is 20.8. The van der Waals surface area contributed by atoms with Crippen molar-refractivity contribution in [2.24, 2.45) is 0 Å². The molecule has 0 spiro atoms. The van der Waals surface area contributed by atoms with Crippen molar-refractivity contribution in [2.45, 2.75) is 0 Å². The molecule has 0 amide bonds. The lowest BCUT2D eigenvalue weighted by Gasteiger charge is -2.04. The third-order valence-corrected chi connectivity index (χ3v) is 5.35. The van der Waals surface area contributed by atoms with Crippen LogP contribution in [-0.2, 0) is 0 Å². The van der Waals surface area contributed by atoms with E-state index in [2.05, 4.69) is 25.1 Å². The summed E-state index contributed by atoms with van der Waals surface area (Å²) in [7, 11) is 0. The number of hydrogen-bond donors (Lipinski definition) is 2. The van der Waals surface area contributed by atoms with Crippen molar-refractivity contribution >= 4 is 21.9 Å². The zero-order valence-corrected chi connectivity index (χ0v) is 16.2. The highest BCUT2D eigenvalue weighted by molar-refractivity contribution is 6.00. The minimum Gasteiger partial charge on any atom is -0.353 e. The topological polar surface area (TPSA) is 83.1 Å². The van der Waals surface area contributed by atoms with Gasteiger partial charge in [-0.3, -0.25) is 5.10 Å². The van der Waals surface area contributed by atoms with Gasteiger partial charge in [0.1, 0.15) is 23.4 Å². The number of hydrogen-bond acceptors (Lipinski definition) is 4. The molecule has 0 saturated carbocycles. The van der Waals surface area contributed by atoms with Gasteiger partial charge in [0, 0.05) is 34.4 Å². The van der Waals surface area contributed by atoms with Crippen molar-refractivity contribution in [3.63, 3.8) is 0 Å². The first-order valence-corrected chi connectivity index (χ1v) is 9.75. The predicted molar refractivity (Wildman–Crippen MR) is 118 cm³/mol. The maximum absolute atomic E-state index is 14.4. The molecule has 0 unspecified atom stereocenters. The maximum Gasteiger partial charge on any atom is 0.135 e. The lowest BCUT2D eigenvalue weighted by atomic mass is 10.0. The van der Waals surface area contributed by atoms with Gasteiger partial charge >= 0.3 is 0 Å². The molecule has 4 aromatic heterocycles. The number of aromatic amines is 2. The minimum absolute atomic E-state index is 0.251.